The monoisotopic (exact) mass is 565 g/mol. The van der Waals surface area contributed by atoms with Gasteiger partial charge >= 0.3 is 28.6 Å². The molecule has 4 N–H and O–H groups in total. The molecule has 36 heavy (non-hydrogen) atoms. The summed E-state index contributed by atoms with van der Waals surface area (Å²) in [6, 6.07) is -1.44. The molecule has 0 spiro atoms. The fourth-order valence-corrected chi connectivity index (χ4v) is 5.76. The molecule has 19 heteroatoms. The van der Waals surface area contributed by atoms with Crippen molar-refractivity contribution in [1.82, 2.24) is 25.7 Å². The zero-order valence-electron chi connectivity index (χ0n) is 18.7. The molecule has 0 aromatic carbocycles. The first-order valence-corrected chi connectivity index (χ1v) is 13.3. The number of nitrogens with zero attached hydrogens (tertiary/aromatic N) is 3. The summed E-state index contributed by atoms with van der Waals surface area (Å²) in [7, 11) is -4.81. The number of aliphatic carboxylic acids is 1. The number of halogens is 3. The number of urea groups is 1. The van der Waals surface area contributed by atoms with Crippen molar-refractivity contribution < 1.29 is 54.8 Å². The van der Waals surface area contributed by atoms with E-state index in [4.69, 9.17) is 19.3 Å². The topological polar surface area (TPSA) is 178 Å². The number of alkyl halides is 3. The molecule has 4 aliphatic heterocycles. The van der Waals surface area contributed by atoms with Crippen molar-refractivity contribution in [2.24, 2.45) is 0 Å². The molecule has 3 amide bonds. The Bertz CT molecular complexity index is 935. The predicted octanol–water partition coefficient (Wildman–Crippen LogP) is -0.593. The van der Waals surface area contributed by atoms with Crippen LogP contribution in [-0.2, 0) is 29.1 Å². The Morgan fingerprint density at radius 2 is 1.94 bits per heavy atom. The van der Waals surface area contributed by atoms with Crippen molar-refractivity contribution in [1.29, 1.82) is 0 Å². The van der Waals surface area contributed by atoms with Crippen LogP contribution in [0.5, 0.6) is 0 Å². The van der Waals surface area contributed by atoms with E-state index in [0.29, 0.717) is 30.6 Å². The van der Waals surface area contributed by atoms with Crippen molar-refractivity contribution in [3.63, 3.8) is 0 Å². The quantitative estimate of drug-likeness (QED) is 0.228. The lowest BCUT2D eigenvalue weighted by molar-refractivity contribution is -0.192. The van der Waals surface area contributed by atoms with Crippen molar-refractivity contribution in [2.75, 3.05) is 37.9 Å². The second-order valence-electron chi connectivity index (χ2n) is 8.43. The number of carbonyl (C=O) groups excluding carboxylic acids is 2. The molecule has 4 atom stereocenters. The standard InChI is InChI=1S/C15H25N5O7S2.C2HF3O2/c21-14(17-26-8-10-5-12(6-16-10)18-3-4-28-9-18)13-2-1-11-7-19(13)15(22)20(11)27-29(23,24)25;3-2(4,5)1(6)7/h10-13,16H,1-9H2,(H,17,21)(H,23,24,25);(H,6,7)/t10-,11-,12-,13+;/m1./s1. The fourth-order valence-electron chi connectivity index (χ4n) is 4.30. The maximum absolute atomic E-state index is 12.5. The van der Waals surface area contributed by atoms with E-state index in [0.717, 1.165) is 31.1 Å². The van der Waals surface area contributed by atoms with Gasteiger partial charge in [0.05, 0.1) is 12.6 Å². The molecule has 0 aromatic rings. The molecule has 4 aliphatic rings. The van der Waals surface area contributed by atoms with Crippen molar-refractivity contribution in [2.45, 2.75) is 49.6 Å². The number of rotatable bonds is 7. The third kappa shape index (κ3) is 7.56. The van der Waals surface area contributed by atoms with Crippen LogP contribution in [0.1, 0.15) is 19.3 Å². The molecule has 2 bridgehead atoms. The second-order valence-corrected chi connectivity index (χ2v) is 10.5. The predicted molar refractivity (Wildman–Crippen MR) is 115 cm³/mol. The van der Waals surface area contributed by atoms with Gasteiger partial charge in [-0.1, -0.05) is 0 Å². The number of carboxylic acids is 1. The largest absolute Gasteiger partial charge is 0.490 e. The maximum Gasteiger partial charge on any atom is 0.490 e. The lowest BCUT2D eigenvalue weighted by Crippen LogP contribution is -2.50. The Morgan fingerprint density at radius 3 is 2.53 bits per heavy atom. The normalized spacial score (nSPS) is 28.7. The molecule has 4 fully saturated rings. The third-order valence-electron chi connectivity index (χ3n) is 5.99. The summed E-state index contributed by atoms with van der Waals surface area (Å²) in [5.74, 6) is -0.997. The van der Waals surface area contributed by atoms with Gasteiger partial charge in [0.1, 0.15) is 6.04 Å². The molecule has 0 saturated carbocycles. The Morgan fingerprint density at radius 1 is 1.25 bits per heavy atom. The van der Waals surface area contributed by atoms with Gasteiger partial charge in [-0.2, -0.15) is 26.7 Å². The number of piperidine rings is 1. The Kier molecular flexibility index (Phi) is 9.28. The van der Waals surface area contributed by atoms with E-state index in [1.54, 1.807) is 0 Å². The summed E-state index contributed by atoms with van der Waals surface area (Å²) in [5, 5.41) is 11.1. The van der Waals surface area contributed by atoms with Crippen LogP contribution >= 0.6 is 11.8 Å². The smallest absolute Gasteiger partial charge is 0.475 e. The van der Waals surface area contributed by atoms with E-state index in [1.165, 1.54) is 4.90 Å². The van der Waals surface area contributed by atoms with E-state index in [1.807, 2.05) is 11.8 Å². The number of carboxylic acid groups (broad SMARTS) is 1. The summed E-state index contributed by atoms with van der Waals surface area (Å²) in [6.45, 7) is 2.47. The minimum atomic E-state index is -5.08. The van der Waals surface area contributed by atoms with E-state index < -0.39 is 46.6 Å². The number of hydrogen-bond donors (Lipinski definition) is 4. The number of nitrogens with one attached hydrogen (secondary N) is 2. The number of hydrogen-bond acceptors (Lipinski definition) is 10. The van der Waals surface area contributed by atoms with Gasteiger partial charge in [0.15, 0.2) is 0 Å². The first-order valence-electron chi connectivity index (χ1n) is 10.8. The van der Waals surface area contributed by atoms with E-state index in [-0.39, 0.29) is 12.6 Å². The molecule has 4 saturated heterocycles. The first kappa shape index (κ1) is 28.7. The Hall–Kier alpha value is -1.90. The summed E-state index contributed by atoms with van der Waals surface area (Å²) in [5.41, 5.74) is 2.41. The molecular formula is C17H26F3N5O9S2. The van der Waals surface area contributed by atoms with Gasteiger partial charge in [0, 0.05) is 43.3 Å². The van der Waals surface area contributed by atoms with Crippen LogP contribution in [0.4, 0.5) is 18.0 Å². The molecule has 0 aromatic heterocycles. The van der Waals surface area contributed by atoms with Crippen LogP contribution < -0.4 is 10.8 Å². The van der Waals surface area contributed by atoms with Gasteiger partial charge in [0.25, 0.3) is 5.91 Å². The minimum Gasteiger partial charge on any atom is -0.475 e. The van der Waals surface area contributed by atoms with Gasteiger partial charge in [-0.15, -0.1) is 16.0 Å². The van der Waals surface area contributed by atoms with Crippen LogP contribution in [0.15, 0.2) is 0 Å². The molecule has 206 valence electrons. The summed E-state index contributed by atoms with van der Waals surface area (Å²) >= 11 is 1.93. The average Bonchev–Trinajstić information content (AvgIpc) is 3.51. The van der Waals surface area contributed by atoms with Gasteiger partial charge in [-0.05, 0) is 19.3 Å². The van der Waals surface area contributed by atoms with Crippen LogP contribution in [0.3, 0.4) is 0 Å². The van der Waals surface area contributed by atoms with Crippen molar-refractivity contribution in [3.8, 4) is 0 Å². The first-order chi connectivity index (χ1) is 16.8. The Labute approximate surface area is 208 Å². The zero-order valence-corrected chi connectivity index (χ0v) is 20.4. The van der Waals surface area contributed by atoms with E-state index in [9.17, 15) is 31.2 Å². The average molecular weight is 566 g/mol. The zero-order chi connectivity index (χ0) is 26.7. The van der Waals surface area contributed by atoms with Gasteiger partial charge in [0.2, 0.25) is 0 Å². The number of fused-ring (bicyclic) bond motifs is 2. The number of carbonyl (C=O) groups is 3. The SMILES string of the molecule is O=C(NOC[C@H]1C[C@@H](N2CCSC2)CN1)[C@@H]1CC[C@@H]2CN1C(=O)N2OS(=O)(=O)O.O=C(O)C(F)(F)F. The lowest BCUT2D eigenvalue weighted by Gasteiger charge is -2.29. The Balaban J connectivity index is 0.000000454. The highest BCUT2D eigenvalue weighted by Gasteiger charge is 2.49. The molecular weight excluding hydrogens is 539 g/mol. The van der Waals surface area contributed by atoms with Crippen molar-refractivity contribution >= 4 is 40.1 Å². The van der Waals surface area contributed by atoms with Crippen LogP contribution in [0.25, 0.3) is 0 Å². The fraction of sp³-hybridized carbons (Fsp3) is 0.824. The maximum atomic E-state index is 12.5. The van der Waals surface area contributed by atoms with Crippen LogP contribution in [-0.4, -0.2) is 119 Å². The highest BCUT2D eigenvalue weighted by molar-refractivity contribution is 7.99. The highest BCUT2D eigenvalue weighted by Crippen LogP contribution is 2.30. The molecule has 4 rings (SSSR count). The van der Waals surface area contributed by atoms with Crippen LogP contribution in [0, 0.1) is 0 Å². The third-order valence-corrected chi connectivity index (χ3v) is 7.33. The van der Waals surface area contributed by atoms with Crippen LogP contribution in [0.2, 0.25) is 0 Å². The van der Waals surface area contributed by atoms with E-state index in [2.05, 4.69) is 20.0 Å². The summed E-state index contributed by atoms with van der Waals surface area (Å²) < 4.78 is 66.8. The second kappa shape index (κ2) is 11.7. The van der Waals surface area contributed by atoms with Gasteiger partial charge in [-0.3, -0.25) is 19.1 Å². The summed E-state index contributed by atoms with van der Waals surface area (Å²) in [4.78, 5) is 42.8. The lowest BCUT2D eigenvalue weighted by atomic mass is 10.0. The molecule has 0 aliphatic carbocycles. The van der Waals surface area contributed by atoms with Gasteiger partial charge < -0.3 is 15.3 Å². The van der Waals surface area contributed by atoms with Gasteiger partial charge in [-0.25, -0.2) is 15.1 Å². The number of hydroxylamine groups is 3. The van der Waals surface area contributed by atoms with Crippen molar-refractivity contribution in [3.05, 3.63) is 0 Å². The number of thioether (sulfide) groups is 1. The number of amides is 3. The van der Waals surface area contributed by atoms with E-state index >= 15 is 0 Å². The molecule has 4 heterocycles. The minimum absolute atomic E-state index is 0.145. The summed E-state index contributed by atoms with van der Waals surface area (Å²) in [6.07, 6.45) is -3.42. The molecule has 0 unspecified atom stereocenters. The molecule has 14 nitrogen and oxygen atoms in total. The molecule has 0 radical (unpaired) electrons. The highest BCUT2D eigenvalue weighted by atomic mass is 32.3.